The average Bonchev–Trinajstić information content (AvgIpc) is 2.51. The molecule has 0 saturated carbocycles. The minimum atomic E-state index is -3.51. The molecule has 0 N–H and O–H groups in total. The summed E-state index contributed by atoms with van der Waals surface area (Å²) < 4.78 is 11.1. The van der Waals surface area contributed by atoms with Crippen LogP contribution in [0.4, 0.5) is 0 Å². The molecule has 0 bridgehead atoms. The molecule has 0 rings (SSSR count). The summed E-state index contributed by atoms with van der Waals surface area (Å²) in [5.74, 6) is -0.408. The van der Waals surface area contributed by atoms with Crippen LogP contribution in [0.1, 0.15) is 106 Å². The SMILES string of the molecule is CC(C)(C)CCCCCC(=O)[O][Sn]([CH3])([CH3])[O]C(=O)CCCCCC(C)(C)C.[CH3][Sn][CH3]. The average molecular weight is 640 g/mol. The Kier molecular flexibility index (Phi) is 18.6. The van der Waals surface area contributed by atoms with E-state index in [4.69, 9.17) is 6.15 Å². The van der Waals surface area contributed by atoms with Crippen molar-refractivity contribution >= 4 is 52.3 Å². The van der Waals surface area contributed by atoms with Crippen LogP contribution < -0.4 is 0 Å². The van der Waals surface area contributed by atoms with Crippen molar-refractivity contribution in [1.82, 2.24) is 0 Å². The maximum absolute atomic E-state index is 12.0. The van der Waals surface area contributed by atoms with Gasteiger partial charge in [0.15, 0.2) is 0 Å². The third-order valence-corrected chi connectivity index (χ3v) is 8.44. The Bertz CT molecular complexity index is 423. The zero-order valence-electron chi connectivity index (χ0n) is 21.7. The summed E-state index contributed by atoms with van der Waals surface area (Å²) in [7, 11) is 0. The number of carbonyl (C=O) groups is 2. The molecule has 0 fully saturated rings. The number of carbonyl (C=O) groups excluding carboxylic acids is 2. The van der Waals surface area contributed by atoms with E-state index in [1.165, 1.54) is 12.8 Å². The van der Waals surface area contributed by atoms with Crippen LogP contribution in [0, 0.1) is 10.8 Å². The quantitative estimate of drug-likeness (QED) is 0.163. The van der Waals surface area contributed by atoms with Gasteiger partial charge in [-0.05, 0) is 0 Å². The van der Waals surface area contributed by atoms with Crippen molar-refractivity contribution in [3.05, 3.63) is 0 Å². The van der Waals surface area contributed by atoms with E-state index in [0.717, 1.165) is 38.5 Å². The van der Waals surface area contributed by atoms with Crippen LogP contribution in [0.5, 0.6) is 0 Å². The van der Waals surface area contributed by atoms with Crippen molar-refractivity contribution in [1.29, 1.82) is 0 Å². The van der Waals surface area contributed by atoms with Crippen LogP contribution in [-0.4, -0.2) is 52.3 Å². The summed E-state index contributed by atoms with van der Waals surface area (Å²) in [6.07, 6.45) is 9.22. The summed E-state index contributed by atoms with van der Waals surface area (Å²) >= 11 is -3.28. The summed E-state index contributed by atoms with van der Waals surface area (Å²) in [5.41, 5.74) is 0.694. The Morgan fingerprint density at radius 1 is 0.667 bits per heavy atom. The molecule has 0 aliphatic rings. The second kappa shape index (κ2) is 17.1. The number of rotatable bonds is 12. The Hall–Kier alpha value is 0.537. The summed E-state index contributed by atoms with van der Waals surface area (Å²) in [5, 5.41) is 0. The van der Waals surface area contributed by atoms with Crippen LogP contribution in [0.3, 0.4) is 0 Å². The summed E-state index contributed by atoms with van der Waals surface area (Å²) in [6.45, 7) is 13.4. The van der Waals surface area contributed by atoms with Crippen molar-refractivity contribution in [3.8, 4) is 0 Å². The molecule has 2 radical (unpaired) electrons. The van der Waals surface area contributed by atoms with Crippen LogP contribution >= 0.6 is 0 Å². The number of hydrogen-bond acceptors (Lipinski definition) is 4. The predicted octanol–water partition coefficient (Wildman–Crippen LogP) is 7.55. The first-order valence-electron chi connectivity index (χ1n) is 11.6. The zero-order valence-corrected chi connectivity index (χ0v) is 27.4. The van der Waals surface area contributed by atoms with Gasteiger partial charge in [0, 0.05) is 0 Å². The third kappa shape index (κ3) is 26.6. The Labute approximate surface area is 203 Å². The van der Waals surface area contributed by atoms with Gasteiger partial charge in [-0.25, -0.2) is 0 Å². The fraction of sp³-hybridized carbons (Fsp3) is 0.917. The molecule has 30 heavy (non-hydrogen) atoms. The van der Waals surface area contributed by atoms with E-state index < -0.39 is 19.2 Å². The maximum atomic E-state index is 12.0. The van der Waals surface area contributed by atoms with Crippen molar-refractivity contribution in [2.45, 2.75) is 126 Å². The van der Waals surface area contributed by atoms with Crippen molar-refractivity contribution in [2.24, 2.45) is 10.8 Å². The molecule has 0 spiro atoms. The van der Waals surface area contributed by atoms with E-state index in [1.807, 2.05) is 9.88 Å². The molecule has 0 aromatic heterocycles. The van der Waals surface area contributed by atoms with Crippen LogP contribution in [0.2, 0.25) is 19.8 Å². The second-order valence-corrected chi connectivity index (χ2v) is 23.1. The molecule has 0 aromatic rings. The molecule has 0 aromatic carbocycles. The predicted molar refractivity (Wildman–Crippen MR) is 132 cm³/mol. The fourth-order valence-corrected chi connectivity index (χ4v) is 6.71. The molecule has 0 unspecified atom stereocenters. The zero-order chi connectivity index (χ0) is 23.8. The van der Waals surface area contributed by atoms with Crippen LogP contribution in [0.25, 0.3) is 0 Å². The number of hydrogen-bond donors (Lipinski definition) is 0. The Morgan fingerprint density at radius 2 is 0.967 bits per heavy atom. The Balaban J connectivity index is 0. The van der Waals surface area contributed by atoms with E-state index in [-0.39, 0.29) is 33.1 Å². The molecule has 4 nitrogen and oxygen atoms in total. The van der Waals surface area contributed by atoms with Gasteiger partial charge in [-0.15, -0.1) is 0 Å². The molecule has 178 valence electrons. The fourth-order valence-electron chi connectivity index (χ4n) is 2.87. The van der Waals surface area contributed by atoms with Gasteiger partial charge in [0.1, 0.15) is 0 Å². The van der Waals surface area contributed by atoms with Crippen molar-refractivity contribution in [2.75, 3.05) is 0 Å². The van der Waals surface area contributed by atoms with E-state index in [0.29, 0.717) is 23.7 Å². The second-order valence-electron chi connectivity index (χ2n) is 11.1. The Morgan fingerprint density at radius 3 is 1.23 bits per heavy atom. The van der Waals surface area contributed by atoms with Crippen LogP contribution in [0.15, 0.2) is 0 Å². The molecule has 0 amide bonds. The first-order valence-corrected chi connectivity index (χ1v) is 25.4. The van der Waals surface area contributed by atoms with E-state index in [9.17, 15) is 9.59 Å². The third-order valence-electron chi connectivity index (χ3n) is 4.33. The van der Waals surface area contributed by atoms with Crippen molar-refractivity contribution < 1.29 is 15.7 Å². The molecule has 0 aliphatic heterocycles. The standard InChI is InChI=1S/2C10H20O2.4CH3.2Sn/c2*1-10(2,3)8-6-4-5-7-9(11)12;;;;;;/h2*4-8H2,1-3H3,(H,11,12);4*1H3;;/q;;;;;;;+2/p-2. The molecular formula is C24H50O4Sn2. The summed E-state index contributed by atoms with van der Waals surface area (Å²) in [4.78, 5) is 32.3. The van der Waals surface area contributed by atoms with E-state index >= 15 is 0 Å². The monoisotopic (exact) mass is 642 g/mol. The molecule has 0 atom stereocenters. The van der Waals surface area contributed by atoms with Gasteiger partial charge < -0.3 is 0 Å². The van der Waals surface area contributed by atoms with Crippen molar-refractivity contribution in [3.63, 3.8) is 0 Å². The van der Waals surface area contributed by atoms with Gasteiger partial charge in [-0.3, -0.25) is 0 Å². The molecule has 6 heteroatoms. The first kappa shape index (κ1) is 32.7. The van der Waals surface area contributed by atoms with Gasteiger partial charge in [0.05, 0.1) is 0 Å². The first-order chi connectivity index (χ1) is 13.6. The van der Waals surface area contributed by atoms with Gasteiger partial charge >= 0.3 is 204 Å². The van der Waals surface area contributed by atoms with E-state index in [1.54, 1.807) is 0 Å². The van der Waals surface area contributed by atoms with E-state index in [2.05, 4.69) is 51.4 Å². The normalized spacial score (nSPS) is 12.1. The number of unbranched alkanes of at least 4 members (excludes halogenated alkanes) is 4. The van der Waals surface area contributed by atoms with Crippen LogP contribution in [-0.2, 0) is 15.7 Å². The topological polar surface area (TPSA) is 52.6 Å². The molecule has 0 heterocycles. The van der Waals surface area contributed by atoms with Gasteiger partial charge in [0.2, 0.25) is 0 Å². The minimum absolute atomic E-state index is 0.204. The molecule has 0 aliphatic carbocycles. The summed E-state index contributed by atoms with van der Waals surface area (Å²) in [6, 6.07) is 0. The molecule has 0 saturated heterocycles. The van der Waals surface area contributed by atoms with Gasteiger partial charge in [0.25, 0.3) is 0 Å². The van der Waals surface area contributed by atoms with Gasteiger partial charge in [-0.2, -0.15) is 0 Å². The molecular weight excluding hydrogens is 590 g/mol. The van der Waals surface area contributed by atoms with Gasteiger partial charge in [-0.1, -0.05) is 0 Å².